The fraction of sp³-hybridized carbons (Fsp3) is 0.500. The first-order valence-corrected chi connectivity index (χ1v) is 5.56. The summed E-state index contributed by atoms with van der Waals surface area (Å²) in [6, 6.07) is 0. The molecule has 70 valence electrons. The fourth-order valence-corrected chi connectivity index (χ4v) is 0.828. The van der Waals surface area contributed by atoms with E-state index in [0.717, 1.165) is 0 Å². The summed E-state index contributed by atoms with van der Waals surface area (Å²) in [5.41, 5.74) is 0.224. The monoisotopic (exact) mass is 212 g/mol. The summed E-state index contributed by atoms with van der Waals surface area (Å²) in [5, 5.41) is 0. The smallest absolute Gasteiger partial charge is 0.333 e. The zero-order chi connectivity index (χ0) is 9.78. The first kappa shape index (κ1) is 11.4. The molecule has 0 aromatic rings. The maximum absolute atomic E-state index is 10.7. The number of halogens is 1. The van der Waals surface area contributed by atoms with Gasteiger partial charge in [0.1, 0.15) is 6.61 Å². The van der Waals surface area contributed by atoms with Crippen molar-refractivity contribution in [3.05, 3.63) is 12.2 Å². The second-order valence-electron chi connectivity index (χ2n) is 2.16. The Balaban J connectivity index is 3.73. The van der Waals surface area contributed by atoms with Crippen LogP contribution in [0.5, 0.6) is 0 Å². The van der Waals surface area contributed by atoms with Gasteiger partial charge in [0.25, 0.3) is 0 Å². The third-order valence-electron chi connectivity index (χ3n) is 0.909. The van der Waals surface area contributed by atoms with Crippen molar-refractivity contribution in [2.24, 2.45) is 0 Å². The van der Waals surface area contributed by atoms with Crippen LogP contribution in [0.4, 0.5) is 0 Å². The highest BCUT2D eigenvalue weighted by molar-refractivity contribution is 8.13. The Morgan fingerprint density at radius 1 is 1.58 bits per heavy atom. The number of carbonyl (C=O) groups is 1. The summed E-state index contributed by atoms with van der Waals surface area (Å²) < 4.78 is 25.1. The van der Waals surface area contributed by atoms with E-state index in [9.17, 15) is 13.2 Å². The van der Waals surface area contributed by atoms with Gasteiger partial charge in [-0.05, 0) is 6.92 Å². The average molecular weight is 213 g/mol. The molecule has 0 fully saturated rings. The first-order chi connectivity index (χ1) is 5.33. The molecule has 0 aliphatic rings. The largest absolute Gasteiger partial charge is 0.461 e. The van der Waals surface area contributed by atoms with Crippen molar-refractivity contribution in [3.63, 3.8) is 0 Å². The third-order valence-corrected chi connectivity index (χ3v) is 2.03. The molecule has 0 rings (SSSR count). The molecule has 6 heteroatoms. The third kappa shape index (κ3) is 6.18. The van der Waals surface area contributed by atoms with Crippen LogP contribution in [-0.4, -0.2) is 26.7 Å². The molecule has 0 aromatic carbocycles. The second kappa shape index (κ2) is 4.47. The molecule has 12 heavy (non-hydrogen) atoms. The zero-order valence-electron chi connectivity index (χ0n) is 6.54. The van der Waals surface area contributed by atoms with E-state index in [4.69, 9.17) is 10.7 Å². The highest BCUT2D eigenvalue weighted by atomic mass is 35.7. The van der Waals surface area contributed by atoms with Crippen LogP contribution in [-0.2, 0) is 18.6 Å². The Kier molecular flexibility index (Phi) is 4.26. The molecule has 0 spiro atoms. The minimum absolute atomic E-state index is 0.224. The van der Waals surface area contributed by atoms with Crippen molar-refractivity contribution in [2.45, 2.75) is 6.92 Å². The highest BCUT2D eigenvalue weighted by Crippen LogP contribution is 1.97. The van der Waals surface area contributed by atoms with E-state index < -0.39 is 15.0 Å². The Hall–Kier alpha value is -0.550. The van der Waals surface area contributed by atoms with E-state index in [2.05, 4.69) is 11.3 Å². The van der Waals surface area contributed by atoms with Crippen LogP contribution in [0, 0.1) is 0 Å². The lowest BCUT2D eigenvalue weighted by Crippen LogP contribution is -2.12. The lowest BCUT2D eigenvalue weighted by molar-refractivity contribution is -0.138. The van der Waals surface area contributed by atoms with Gasteiger partial charge in [0.15, 0.2) is 0 Å². The van der Waals surface area contributed by atoms with Gasteiger partial charge >= 0.3 is 5.97 Å². The summed E-state index contributed by atoms with van der Waals surface area (Å²) in [6.07, 6.45) is 0. The zero-order valence-corrected chi connectivity index (χ0v) is 8.11. The van der Waals surface area contributed by atoms with Crippen molar-refractivity contribution in [2.75, 3.05) is 12.4 Å². The molecule has 0 saturated carbocycles. The standard InChI is InChI=1S/C6H9ClO4S/c1-5(2)6(8)11-3-4-12(7,9)10/h1,3-4H2,2H3. The molecule has 0 aliphatic heterocycles. The van der Waals surface area contributed by atoms with Gasteiger partial charge in [0, 0.05) is 16.3 Å². The van der Waals surface area contributed by atoms with Gasteiger partial charge in [-0.1, -0.05) is 6.58 Å². The Morgan fingerprint density at radius 2 is 2.08 bits per heavy atom. The average Bonchev–Trinajstić information content (AvgIpc) is 1.84. The number of rotatable bonds is 4. The minimum Gasteiger partial charge on any atom is -0.461 e. The van der Waals surface area contributed by atoms with E-state index in [1.165, 1.54) is 6.92 Å². The maximum atomic E-state index is 10.7. The van der Waals surface area contributed by atoms with E-state index in [0.29, 0.717) is 0 Å². The minimum atomic E-state index is -3.58. The van der Waals surface area contributed by atoms with Crippen LogP contribution in [0.25, 0.3) is 0 Å². The Bertz CT molecular complexity index is 280. The number of carbonyl (C=O) groups excluding carboxylic acids is 1. The topological polar surface area (TPSA) is 60.4 Å². The molecule has 0 atom stereocenters. The predicted octanol–water partition coefficient (Wildman–Crippen LogP) is 0.674. The van der Waals surface area contributed by atoms with E-state index in [1.807, 2.05) is 0 Å². The van der Waals surface area contributed by atoms with Crippen LogP contribution >= 0.6 is 10.7 Å². The molecule has 0 unspecified atom stereocenters. The predicted molar refractivity (Wildman–Crippen MR) is 45.4 cm³/mol. The van der Waals surface area contributed by atoms with Crippen LogP contribution in [0.2, 0.25) is 0 Å². The molecular formula is C6H9ClO4S. The van der Waals surface area contributed by atoms with E-state index in [-0.39, 0.29) is 17.9 Å². The normalized spacial score (nSPS) is 10.8. The Morgan fingerprint density at radius 3 is 2.42 bits per heavy atom. The van der Waals surface area contributed by atoms with E-state index in [1.54, 1.807) is 0 Å². The lowest BCUT2D eigenvalue weighted by Gasteiger charge is -2.01. The molecular weight excluding hydrogens is 204 g/mol. The molecule has 0 heterocycles. The SMILES string of the molecule is C=C(C)C(=O)OCCS(=O)(=O)Cl. The van der Waals surface area contributed by atoms with Gasteiger partial charge in [-0.25, -0.2) is 13.2 Å². The van der Waals surface area contributed by atoms with Gasteiger partial charge in [-0.2, -0.15) is 0 Å². The van der Waals surface area contributed by atoms with Crippen molar-refractivity contribution >= 4 is 25.7 Å². The van der Waals surface area contributed by atoms with Gasteiger partial charge in [-0.3, -0.25) is 0 Å². The molecule has 4 nitrogen and oxygen atoms in total. The fourth-order valence-electron chi connectivity index (χ4n) is 0.357. The second-order valence-corrected chi connectivity index (χ2v) is 5.06. The van der Waals surface area contributed by atoms with Crippen LogP contribution < -0.4 is 0 Å². The molecule has 0 saturated heterocycles. The van der Waals surface area contributed by atoms with E-state index >= 15 is 0 Å². The van der Waals surface area contributed by atoms with Crippen LogP contribution in [0.1, 0.15) is 6.92 Å². The molecule has 0 radical (unpaired) electrons. The molecule has 0 N–H and O–H groups in total. The summed E-state index contributed by atoms with van der Waals surface area (Å²) >= 11 is 0. The summed E-state index contributed by atoms with van der Waals surface area (Å²) in [7, 11) is 1.27. The molecule has 0 aromatic heterocycles. The van der Waals surface area contributed by atoms with Gasteiger partial charge in [0.05, 0.1) is 5.75 Å². The van der Waals surface area contributed by atoms with Gasteiger partial charge in [0.2, 0.25) is 9.05 Å². The van der Waals surface area contributed by atoms with Gasteiger partial charge < -0.3 is 4.74 Å². The van der Waals surface area contributed by atoms with Crippen LogP contribution in [0.15, 0.2) is 12.2 Å². The summed E-state index contributed by atoms with van der Waals surface area (Å²) in [6.45, 7) is 4.54. The number of hydrogen-bond acceptors (Lipinski definition) is 4. The number of esters is 1. The molecule has 0 bridgehead atoms. The number of hydrogen-bond donors (Lipinski definition) is 0. The van der Waals surface area contributed by atoms with Crippen LogP contribution in [0.3, 0.4) is 0 Å². The van der Waals surface area contributed by atoms with Crippen molar-refractivity contribution < 1.29 is 17.9 Å². The maximum Gasteiger partial charge on any atom is 0.333 e. The molecule has 0 amide bonds. The van der Waals surface area contributed by atoms with Crippen molar-refractivity contribution in [1.29, 1.82) is 0 Å². The summed E-state index contributed by atoms with van der Waals surface area (Å²) in [4.78, 5) is 10.7. The van der Waals surface area contributed by atoms with Crippen molar-refractivity contribution in [1.82, 2.24) is 0 Å². The lowest BCUT2D eigenvalue weighted by atomic mass is 10.4. The Labute approximate surface area is 75.6 Å². The quantitative estimate of drug-likeness (QED) is 0.391. The summed E-state index contributed by atoms with van der Waals surface area (Å²) in [5.74, 6) is -0.997. The number of ether oxygens (including phenoxy) is 1. The highest BCUT2D eigenvalue weighted by Gasteiger charge is 2.08. The van der Waals surface area contributed by atoms with Gasteiger partial charge in [-0.15, -0.1) is 0 Å². The molecule has 0 aliphatic carbocycles. The first-order valence-electron chi connectivity index (χ1n) is 3.08. The van der Waals surface area contributed by atoms with Crippen molar-refractivity contribution in [3.8, 4) is 0 Å².